The molecule has 0 aliphatic carbocycles. The van der Waals surface area contributed by atoms with Crippen LogP contribution in [-0.2, 0) is 0 Å². The molecule has 3 atom stereocenters. The van der Waals surface area contributed by atoms with Gasteiger partial charge in [-0.15, -0.1) is 0 Å². The van der Waals surface area contributed by atoms with Crippen LogP contribution in [-0.4, -0.2) is 14.1 Å². The lowest BCUT2D eigenvalue weighted by Gasteiger charge is -2.26. The summed E-state index contributed by atoms with van der Waals surface area (Å²) in [4.78, 5) is 0. The van der Waals surface area contributed by atoms with Crippen molar-refractivity contribution < 1.29 is 0 Å². The molecule has 0 spiro atoms. The smallest absolute Gasteiger partial charge is 0.0910 e. The highest BCUT2D eigenvalue weighted by atomic mass is 27.2. The van der Waals surface area contributed by atoms with E-state index in [1.165, 1.54) is 116 Å². The van der Waals surface area contributed by atoms with E-state index in [1.54, 1.807) is 15.8 Å². The Morgan fingerprint density at radius 3 is 0.903 bits per heavy atom. The topological polar surface area (TPSA) is 0 Å². The highest BCUT2D eigenvalue weighted by Gasteiger charge is 2.27. The molecule has 0 aliphatic rings. The summed E-state index contributed by atoms with van der Waals surface area (Å²) >= 11 is -0.637. The Bertz CT molecular complexity index is 287. The van der Waals surface area contributed by atoms with Gasteiger partial charge in [0.25, 0.3) is 14.1 Å². The molecule has 0 radical (unpaired) electrons. The lowest BCUT2D eigenvalue weighted by molar-refractivity contribution is 0.443. The SMILES string of the molecule is CCCCCCC(CC)[CH2][Al]([CH2]C(CC)CCCCCC)[CH2]C(CC)CCCCCC. The Kier molecular flexibility index (Phi) is 24.1. The summed E-state index contributed by atoms with van der Waals surface area (Å²) in [7, 11) is 0. The zero-order valence-corrected chi connectivity index (χ0v) is 24.3. The summed E-state index contributed by atoms with van der Waals surface area (Å²) in [6, 6.07) is 0. The van der Waals surface area contributed by atoms with Gasteiger partial charge in [-0.3, -0.25) is 0 Å². The van der Waals surface area contributed by atoms with Crippen molar-refractivity contribution in [2.75, 3.05) is 0 Å². The first kappa shape index (κ1) is 31.5. The van der Waals surface area contributed by atoms with Gasteiger partial charge in [-0.1, -0.05) is 191 Å². The summed E-state index contributed by atoms with van der Waals surface area (Å²) in [6.45, 7) is 14.5. The van der Waals surface area contributed by atoms with E-state index in [1.807, 2.05) is 0 Å². The van der Waals surface area contributed by atoms with Crippen LogP contribution >= 0.6 is 0 Å². The molecule has 1 heteroatoms. The summed E-state index contributed by atoms with van der Waals surface area (Å²) in [5.74, 6) is 3.14. The van der Waals surface area contributed by atoms with Crippen molar-refractivity contribution in [2.24, 2.45) is 17.8 Å². The largest absolute Gasteiger partial charge is 0.262 e. The van der Waals surface area contributed by atoms with Crippen LogP contribution in [0.15, 0.2) is 0 Å². The minimum atomic E-state index is -0.637. The maximum atomic E-state index is 2.49. The van der Waals surface area contributed by atoms with Crippen LogP contribution in [0.2, 0.25) is 15.8 Å². The third-order valence-corrected chi connectivity index (χ3v) is 12.1. The minimum absolute atomic E-state index is 0.637. The second-order valence-corrected chi connectivity index (χ2v) is 14.1. The Morgan fingerprint density at radius 2 is 0.677 bits per heavy atom. The van der Waals surface area contributed by atoms with Gasteiger partial charge in [0.1, 0.15) is 0 Å². The van der Waals surface area contributed by atoms with Gasteiger partial charge in [-0.25, -0.2) is 0 Å². The van der Waals surface area contributed by atoms with E-state index in [-0.39, 0.29) is 0 Å². The van der Waals surface area contributed by atoms with Crippen molar-refractivity contribution in [3.8, 4) is 0 Å². The number of rotatable bonds is 24. The molecule has 0 nitrogen and oxygen atoms in total. The first-order valence-electron chi connectivity index (χ1n) is 15.1. The minimum Gasteiger partial charge on any atom is -0.0910 e. The Balaban J connectivity index is 4.85. The van der Waals surface area contributed by atoms with Gasteiger partial charge < -0.3 is 0 Å². The van der Waals surface area contributed by atoms with E-state index in [0.29, 0.717) is 0 Å². The maximum absolute atomic E-state index is 2.49. The van der Waals surface area contributed by atoms with Crippen molar-refractivity contribution in [3.05, 3.63) is 0 Å². The quantitative estimate of drug-likeness (QED) is 0.101. The molecule has 0 amide bonds. The van der Waals surface area contributed by atoms with Gasteiger partial charge in [0.2, 0.25) is 0 Å². The Morgan fingerprint density at radius 1 is 0.387 bits per heavy atom. The van der Waals surface area contributed by atoms with E-state index in [2.05, 4.69) is 41.5 Å². The average molecular weight is 451 g/mol. The third kappa shape index (κ3) is 18.6. The van der Waals surface area contributed by atoms with Gasteiger partial charge in [-0.05, 0) is 0 Å². The predicted molar refractivity (Wildman–Crippen MR) is 148 cm³/mol. The number of hydrogen-bond donors (Lipinski definition) is 0. The average Bonchev–Trinajstić information content (AvgIpc) is 2.79. The molecule has 0 aromatic carbocycles. The lowest BCUT2D eigenvalue weighted by atomic mass is 9.99. The van der Waals surface area contributed by atoms with E-state index in [4.69, 9.17) is 0 Å². The molecular weight excluding hydrogens is 387 g/mol. The molecule has 0 aromatic heterocycles. The van der Waals surface area contributed by atoms with E-state index in [0.717, 1.165) is 17.8 Å². The standard InChI is InChI=1S/3C10H21.Al/c3*1-4-6-7-8-9-10(3)5-2;/h3*10H,3-9H2,1-2H3;. The summed E-state index contributed by atoms with van der Waals surface area (Å²) in [5, 5.41) is 5.00. The van der Waals surface area contributed by atoms with E-state index < -0.39 is 14.1 Å². The number of unbranched alkanes of at least 4 members (excludes halogenated alkanes) is 9. The van der Waals surface area contributed by atoms with Crippen LogP contribution in [0.5, 0.6) is 0 Å². The highest BCUT2D eigenvalue weighted by Crippen LogP contribution is 2.32. The lowest BCUT2D eigenvalue weighted by Crippen LogP contribution is -2.24. The molecule has 31 heavy (non-hydrogen) atoms. The molecule has 0 fully saturated rings. The molecular formula is C30H63Al. The Hall–Kier alpha value is 0.532. The second kappa shape index (κ2) is 23.7. The van der Waals surface area contributed by atoms with E-state index in [9.17, 15) is 0 Å². The molecule has 0 rings (SSSR count). The summed E-state index contributed by atoms with van der Waals surface area (Å²) in [6.07, 6.45) is 26.3. The Labute approximate surface area is 204 Å². The molecule has 0 aromatic rings. The molecule has 0 bridgehead atoms. The van der Waals surface area contributed by atoms with Gasteiger partial charge in [0, 0.05) is 0 Å². The molecule has 0 saturated heterocycles. The molecule has 3 unspecified atom stereocenters. The van der Waals surface area contributed by atoms with Crippen LogP contribution in [0.4, 0.5) is 0 Å². The fourth-order valence-electron chi connectivity index (χ4n) is 5.75. The monoisotopic (exact) mass is 450 g/mol. The molecule has 0 heterocycles. The van der Waals surface area contributed by atoms with Crippen LogP contribution in [0.25, 0.3) is 0 Å². The summed E-state index contributed by atoms with van der Waals surface area (Å²) < 4.78 is 0. The van der Waals surface area contributed by atoms with Gasteiger partial charge in [-0.2, -0.15) is 0 Å². The zero-order valence-electron chi connectivity index (χ0n) is 23.2. The maximum Gasteiger partial charge on any atom is 0.262 e. The second-order valence-electron chi connectivity index (χ2n) is 10.9. The van der Waals surface area contributed by atoms with E-state index >= 15 is 0 Å². The van der Waals surface area contributed by atoms with Crippen LogP contribution < -0.4 is 0 Å². The third-order valence-electron chi connectivity index (χ3n) is 8.13. The number of hydrogen-bond acceptors (Lipinski definition) is 0. The molecule has 0 N–H and O–H groups in total. The van der Waals surface area contributed by atoms with Gasteiger partial charge >= 0.3 is 0 Å². The fourth-order valence-corrected chi connectivity index (χ4v) is 10.9. The molecule has 0 aliphatic heterocycles. The molecule has 186 valence electrons. The van der Waals surface area contributed by atoms with Crippen molar-refractivity contribution in [1.82, 2.24) is 0 Å². The van der Waals surface area contributed by atoms with Crippen molar-refractivity contribution >= 4 is 14.1 Å². The van der Waals surface area contributed by atoms with Gasteiger partial charge in [0.05, 0.1) is 0 Å². The van der Waals surface area contributed by atoms with Crippen molar-refractivity contribution in [1.29, 1.82) is 0 Å². The normalized spacial score (nSPS) is 14.5. The zero-order chi connectivity index (χ0) is 23.2. The first-order chi connectivity index (χ1) is 15.1. The summed E-state index contributed by atoms with van der Waals surface area (Å²) in [5.41, 5.74) is 0. The predicted octanol–water partition coefficient (Wildman–Crippen LogP) is 11.5. The fraction of sp³-hybridized carbons (Fsp3) is 1.00. The first-order valence-corrected chi connectivity index (χ1v) is 17.6. The van der Waals surface area contributed by atoms with Gasteiger partial charge in [0.15, 0.2) is 0 Å². The van der Waals surface area contributed by atoms with Crippen molar-refractivity contribution in [2.45, 2.75) is 173 Å². The van der Waals surface area contributed by atoms with Crippen molar-refractivity contribution in [3.63, 3.8) is 0 Å². The van der Waals surface area contributed by atoms with Crippen LogP contribution in [0.1, 0.15) is 157 Å². The van der Waals surface area contributed by atoms with Crippen LogP contribution in [0.3, 0.4) is 0 Å². The molecule has 0 saturated carbocycles. The highest BCUT2D eigenvalue weighted by molar-refractivity contribution is 6.59. The van der Waals surface area contributed by atoms with Crippen LogP contribution in [0, 0.1) is 17.8 Å².